The van der Waals surface area contributed by atoms with Crippen LogP contribution in [-0.2, 0) is 0 Å². The van der Waals surface area contributed by atoms with Gasteiger partial charge in [0.2, 0.25) is 17.2 Å². The fraction of sp³-hybridized carbons (Fsp3) is 0.727. The first-order chi connectivity index (χ1) is 8.71. The van der Waals surface area contributed by atoms with E-state index in [9.17, 15) is 0 Å². The van der Waals surface area contributed by atoms with Crippen molar-refractivity contribution >= 4 is 23.5 Å². The van der Waals surface area contributed by atoms with E-state index in [0.29, 0.717) is 18.4 Å². The molecule has 1 aromatic rings. The lowest BCUT2D eigenvalue weighted by molar-refractivity contribution is 0.301. The van der Waals surface area contributed by atoms with Crippen molar-refractivity contribution in [2.45, 2.75) is 26.7 Å². The third-order valence-electron chi connectivity index (χ3n) is 2.28. The van der Waals surface area contributed by atoms with E-state index in [1.54, 1.807) is 0 Å². The van der Waals surface area contributed by atoms with Gasteiger partial charge in [-0.1, -0.05) is 13.8 Å². The minimum atomic E-state index is 0.0566. The molecule has 0 saturated heterocycles. The number of aromatic nitrogens is 3. The van der Waals surface area contributed by atoms with Crippen molar-refractivity contribution in [1.82, 2.24) is 15.0 Å². The minimum absolute atomic E-state index is 0.0566. The van der Waals surface area contributed by atoms with Gasteiger partial charge in [-0.25, -0.2) is 0 Å². The minimum Gasteiger partial charge on any atom is -0.395 e. The van der Waals surface area contributed by atoms with Crippen LogP contribution in [-0.4, -0.2) is 46.3 Å². The Kier molecular flexibility index (Phi) is 6.67. The predicted molar refractivity (Wildman–Crippen MR) is 73.2 cm³/mol. The van der Waals surface area contributed by atoms with Crippen LogP contribution in [0.2, 0.25) is 5.28 Å². The lowest BCUT2D eigenvalue weighted by Crippen LogP contribution is -2.29. The molecule has 0 bridgehead atoms. The molecule has 0 aliphatic heterocycles. The summed E-state index contributed by atoms with van der Waals surface area (Å²) in [5.74, 6) is 0.982. The SMILES string of the molecule is CCCNc1nc(Cl)nc(N(CCC)CCO)n1. The standard InChI is InChI=1S/C11H20ClN5O/c1-3-5-13-10-14-9(12)15-11(16-10)17(6-4-2)7-8-18/h18H,3-8H2,1-2H3,(H,13,14,15,16). The fourth-order valence-corrected chi connectivity index (χ4v) is 1.65. The third kappa shape index (κ3) is 4.62. The predicted octanol–water partition coefficient (Wildman–Crippen LogP) is 1.56. The van der Waals surface area contributed by atoms with E-state index >= 15 is 0 Å². The highest BCUT2D eigenvalue weighted by atomic mass is 35.5. The van der Waals surface area contributed by atoms with Crippen LogP contribution < -0.4 is 10.2 Å². The topological polar surface area (TPSA) is 74.2 Å². The fourth-order valence-electron chi connectivity index (χ4n) is 1.50. The number of aliphatic hydroxyl groups excluding tert-OH is 1. The smallest absolute Gasteiger partial charge is 0.231 e. The van der Waals surface area contributed by atoms with E-state index in [0.717, 1.165) is 25.9 Å². The van der Waals surface area contributed by atoms with Crippen LogP contribution in [0.4, 0.5) is 11.9 Å². The molecule has 1 aromatic heterocycles. The van der Waals surface area contributed by atoms with Gasteiger partial charge in [-0.3, -0.25) is 0 Å². The average molecular weight is 274 g/mol. The molecule has 1 rings (SSSR count). The zero-order valence-electron chi connectivity index (χ0n) is 10.9. The van der Waals surface area contributed by atoms with Crippen molar-refractivity contribution in [3.63, 3.8) is 0 Å². The first-order valence-corrected chi connectivity index (χ1v) is 6.60. The lowest BCUT2D eigenvalue weighted by atomic mass is 10.4. The largest absolute Gasteiger partial charge is 0.395 e. The molecule has 1 heterocycles. The normalized spacial score (nSPS) is 10.4. The molecule has 0 unspecified atom stereocenters. The van der Waals surface area contributed by atoms with Crippen LogP contribution in [0.1, 0.15) is 26.7 Å². The van der Waals surface area contributed by atoms with E-state index in [2.05, 4.69) is 34.1 Å². The van der Waals surface area contributed by atoms with Gasteiger partial charge in [0.1, 0.15) is 0 Å². The molecule has 102 valence electrons. The zero-order chi connectivity index (χ0) is 13.4. The van der Waals surface area contributed by atoms with E-state index in [-0.39, 0.29) is 11.9 Å². The molecule has 0 aliphatic carbocycles. The monoisotopic (exact) mass is 273 g/mol. The molecule has 0 amide bonds. The Morgan fingerprint density at radius 2 is 1.94 bits per heavy atom. The van der Waals surface area contributed by atoms with Crippen LogP contribution in [0.15, 0.2) is 0 Å². The Hall–Kier alpha value is -1.14. The van der Waals surface area contributed by atoms with Crippen molar-refractivity contribution in [2.75, 3.05) is 36.5 Å². The first kappa shape index (κ1) is 14.9. The van der Waals surface area contributed by atoms with Crippen molar-refractivity contribution in [3.8, 4) is 0 Å². The lowest BCUT2D eigenvalue weighted by Gasteiger charge is -2.21. The molecule has 0 fully saturated rings. The quantitative estimate of drug-likeness (QED) is 0.749. The second kappa shape index (κ2) is 8.05. The van der Waals surface area contributed by atoms with Crippen molar-refractivity contribution in [3.05, 3.63) is 5.28 Å². The summed E-state index contributed by atoms with van der Waals surface area (Å²) in [6, 6.07) is 0. The van der Waals surface area contributed by atoms with Gasteiger partial charge in [-0.05, 0) is 24.4 Å². The summed E-state index contributed by atoms with van der Waals surface area (Å²) in [7, 11) is 0. The Labute approximate surface area is 112 Å². The molecule has 2 N–H and O–H groups in total. The zero-order valence-corrected chi connectivity index (χ0v) is 11.6. The average Bonchev–Trinajstić information content (AvgIpc) is 2.35. The molecule has 0 aromatic carbocycles. The van der Waals surface area contributed by atoms with Crippen molar-refractivity contribution in [1.29, 1.82) is 0 Å². The van der Waals surface area contributed by atoms with E-state index in [1.165, 1.54) is 0 Å². The Morgan fingerprint density at radius 1 is 1.17 bits per heavy atom. The maximum absolute atomic E-state index is 9.04. The number of rotatable bonds is 8. The molecular formula is C11H20ClN5O. The molecule has 7 heteroatoms. The van der Waals surface area contributed by atoms with Gasteiger partial charge in [-0.2, -0.15) is 15.0 Å². The van der Waals surface area contributed by atoms with E-state index in [1.807, 2.05) is 4.90 Å². The Morgan fingerprint density at radius 3 is 2.56 bits per heavy atom. The van der Waals surface area contributed by atoms with Crippen molar-refractivity contribution in [2.24, 2.45) is 0 Å². The summed E-state index contributed by atoms with van der Waals surface area (Å²) in [6.07, 6.45) is 1.93. The Bertz CT molecular complexity index is 357. The summed E-state index contributed by atoms with van der Waals surface area (Å²) in [5.41, 5.74) is 0. The number of nitrogens with one attached hydrogen (secondary N) is 1. The maximum atomic E-state index is 9.04. The van der Waals surface area contributed by atoms with Gasteiger partial charge in [0.25, 0.3) is 0 Å². The summed E-state index contributed by atoms with van der Waals surface area (Å²) in [4.78, 5) is 14.3. The summed E-state index contributed by atoms with van der Waals surface area (Å²) in [6.45, 7) is 6.22. The highest BCUT2D eigenvalue weighted by Gasteiger charge is 2.11. The molecule has 0 radical (unpaired) electrons. The molecular weight excluding hydrogens is 254 g/mol. The Balaban J connectivity index is 2.87. The first-order valence-electron chi connectivity index (χ1n) is 6.22. The molecule has 0 saturated carbocycles. The second-order valence-corrected chi connectivity index (χ2v) is 4.20. The van der Waals surface area contributed by atoms with E-state index < -0.39 is 0 Å². The number of hydrogen-bond donors (Lipinski definition) is 2. The summed E-state index contributed by atoms with van der Waals surface area (Å²) < 4.78 is 0. The maximum Gasteiger partial charge on any atom is 0.231 e. The van der Waals surface area contributed by atoms with Gasteiger partial charge in [0.05, 0.1) is 6.61 Å². The number of anilines is 2. The second-order valence-electron chi connectivity index (χ2n) is 3.87. The number of halogens is 1. The molecule has 0 aliphatic rings. The molecule has 18 heavy (non-hydrogen) atoms. The van der Waals surface area contributed by atoms with Crippen LogP contribution in [0.5, 0.6) is 0 Å². The van der Waals surface area contributed by atoms with Gasteiger partial charge < -0.3 is 15.3 Å². The van der Waals surface area contributed by atoms with Gasteiger partial charge in [0.15, 0.2) is 0 Å². The van der Waals surface area contributed by atoms with E-state index in [4.69, 9.17) is 16.7 Å². The van der Waals surface area contributed by atoms with Crippen LogP contribution in [0.25, 0.3) is 0 Å². The molecule has 0 spiro atoms. The van der Waals surface area contributed by atoms with Gasteiger partial charge in [-0.15, -0.1) is 0 Å². The summed E-state index contributed by atoms with van der Waals surface area (Å²) >= 11 is 5.88. The van der Waals surface area contributed by atoms with Crippen LogP contribution in [0, 0.1) is 0 Å². The highest BCUT2D eigenvalue weighted by Crippen LogP contribution is 2.14. The summed E-state index contributed by atoms with van der Waals surface area (Å²) in [5, 5.41) is 12.3. The third-order valence-corrected chi connectivity index (χ3v) is 2.44. The van der Waals surface area contributed by atoms with Gasteiger partial charge >= 0.3 is 0 Å². The number of aliphatic hydroxyl groups is 1. The van der Waals surface area contributed by atoms with Gasteiger partial charge in [0, 0.05) is 19.6 Å². The van der Waals surface area contributed by atoms with Crippen LogP contribution >= 0.6 is 11.6 Å². The van der Waals surface area contributed by atoms with Crippen LogP contribution in [0.3, 0.4) is 0 Å². The number of nitrogens with zero attached hydrogens (tertiary/aromatic N) is 4. The number of hydrogen-bond acceptors (Lipinski definition) is 6. The van der Waals surface area contributed by atoms with Crippen molar-refractivity contribution < 1.29 is 5.11 Å². The molecule has 0 atom stereocenters. The highest BCUT2D eigenvalue weighted by molar-refractivity contribution is 6.28. The molecule has 6 nitrogen and oxygen atoms in total.